The summed E-state index contributed by atoms with van der Waals surface area (Å²) in [6, 6.07) is 11.9. The van der Waals surface area contributed by atoms with E-state index in [1.807, 2.05) is 58.0 Å². The second-order valence-corrected chi connectivity index (χ2v) is 8.99. The molecule has 0 fully saturated rings. The highest BCUT2D eigenvalue weighted by Gasteiger charge is 2.20. The van der Waals surface area contributed by atoms with Crippen LogP contribution in [0.25, 0.3) is 11.3 Å². The van der Waals surface area contributed by atoms with E-state index in [2.05, 4.69) is 31.9 Å². The molecule has 172 valence electrons. The molecule has 0 spiro atoms. The van der Waals surface area contributed by atoms with Gasteiger partial charge in [-0.15, -0.1) is 0 Å². The highest BCUT2D eigenvalue weighted by Crippen LogP contribution is 2.30. The minimum atomic E-state index is -0.814. The van der Waals surface area contributed by atoms with E-state index in [1.54, 1.807) is 4.68 Å². The van der Waals surface area contributed by atoms with E-state index in [-0.39, 0.29) is 24.7 Å². The predicted octanol–water partition coefficient (Wildman–Crippen LogP) is 5.68. The summed E-state index contributed by atoms with van der Waals surface area (Å²) in [6.07, 6.45) is -0.814. The summed E-state index contributed by atoms with van der Waals surface area (Å²) in [6.45, 7) is 14.6. The lowest BCUT2D eigenvalue weighted by Crippen LogP contribution is -2.14. The number of hydrogen-bond acceptors (Lipinski definition) is 6. The molecule has 0 bridgehead atoms. The van der Waals surface area contributed by atoms with Crippen molar-refractivity contribution in [3.63, 3.8) is 0 Å². The lowest BCUT2D eigenvalue weighted by molar-refractivity contribution is -0.00948. The molecule has 7 nitrogen and oxygen atoms in total. The summed E-state index contributed by atoms with van der Waals surface area (Å²) in [5.41, 5.74) is 3.63. The van der Waals surface area contributed by atoms with Gasteiger partial charge in [0.2, 0.25) is 6.79 Å². The molecular formula is C25H33N3O4. The number of aryl methyl sites for hydroxylation is 2. The van der Waals surface area contributed by atoms with Gasteiger partial charge in [0.15, 0.2) is 5.76 Å². The first-order chi connectivity index (χ1) is 15.1. The normalized spacial score (nSPS) is 12.2. The number of carbonyl (C=O) groups excluding carboxylic acids is 1. The molecule has 0 atom stereocenters. The van der Waals surface area contributed by atoms with Crippen LogP contribution in [-0.2, 0) is 26.2 Å². The van der Waals surface area contributed by atoms with Crippen molar-refractivity contribution in [2.24, 2.45) is 5.92 Å². The smallest absolute Gasteiger partial charge is 0.454 e. The monoisotopic (exact) mass is 439 g/mol. The van der Waals surface area contributed by atoms with Gasteiger partial charge in [-0.2, -0.15) is 10.4 Å². The van der Waals surface area contributed by atoms with Crippen LogP contribution in [-0.4, -0.2) is 29.3 Å². The topological polar surface area (TPSA) is 86.4 Å². The first-order valence-electron chi connectivity index (χ1n) is 10.8. The van der Waals surface area contributed by atoms with Gasteiger partial charge in [-0.1, -0.05) is 58.9 Å². The van der Waals surface area contributed by atoms with Crippen LogP contribution in [0.15, 0.2) is 30.3 Å². The summed E-state index contributed by atoms with van der Waals surface area (Å²) in [4.78, 5) is 11.8. The van der Waals surface area contributed by atoms with Gasteiger partial charge < -0.3 is 14.2 Å². The molecule has 7 heteroatoms. The lowest BCUT2D eigenvalue weighted by Gasteiger charge is -2.19. The maximum Gasteiger partial charge on any atom is 0.511 e. The van der Waals surface area contributed by atoms with Crippen molar-refractivity contribution in [2.75, 3.05) is 13.4 Å². The molecule has 0 aliphatic carbocycles. The van der Waals surface area contributed by atoms with E-state index in [9.17, 15) is 10.1 Å². The number of ether oxygens (including phenoxy) is 3. The van der Waals surface area contributed by atoms with Crippen molar-refractivity contribution in [2.45, 2.75) is 60.4 Å². The number of allylic oxidation sites excluding steroid dienone is 1. The second-order valence-electron chi connectivity index (χ2n) is 8.99. The molecule has 0 unspecified atom stereocenters. The largest absolute Gasteiger partial charge is 0.511 e. The number of hydrogen-bond donors (Lipinski definition) is 0. The van der Waals surface area contributed by atoms with Gasteiger partial charge in [-0.3, -0.25) is 4.68 Å². The third-order valence-corrected chi connectivity index (χ3v) is 4.73. The summed E-state index contributed by atoms with van der Waals surface area (Å²) in [5.74, 6) is 0.497. The maximum atomic E-state index is 11.8. The van der Waals surface area contributed by atoms with Gasteiger partial charge in [0, 0.05) is 6.54 Å². The summed E-state index contributed by atoms with van der Waals surface area (Å²) < 4.78 is 17.7. The third kappa shape index (κ3) is 6.61. The van der Waals surface area contributed by atoms with Crippen LogP contribution in [0.1, 0.15) is 64.1 Å². The van der Waals surface area contributed by atoms with E-state index in [4.69, 9.17) is 14.2 Å². The molecule has 0 radical (unpaired) electrons. The zero-order chi connectivity index (χ0) is 23.9. The fourth-order valence-electron chi connectivity index (χ4n) is 3.04. The molecule has 1 heterocycles. The molecule has 0 saturated carbocycles. The van der Waals surface area contributed by atoms with Crippen molar-refractivity contribution < 1.29 is 19.0 Å². The van der Waals surface area contributed by atoms with Gasteiger partial charge in [-0.25, -0.2) is 4.79 Å². The van der Waals surface area contributed by atoms with Crippen LogP contribution >= 0.6 is 0 Å². The Bertz CT molecular complexity index is 990. The molecule has 32 heavy (non-hydrogen) atoms. The van der Waals surface area contributed by atoms with E-state index < -0.39 is 6.16 Å². The average Bonchev–Trinajstić information content (AvgIpc) is 3.11. The van der Waals surface area contributed by atoms with Crippen LogP contribution in [0.3, 0.4) is 0 Å². The Hall–Kier alpha value is -3.27. The minimum absolute atomic E-state index is 0.00346. The second kappa shape index (κ2) is 10.9. The Morgan fingerprint density at radius 3 is 2.34 bits per heavy atom. The van der Waals surface area contributed by atoms with E-state index >= 15 is 0 Å². The quantitative estimate of drug-likeness (QED) is 0.227. The zero-order valence-electron chi connectivity index (χ0n) is 20.1. The van der Waals surface area contributed by atoms with Gasteiger partial charge in [0.25, 0.3) is 0 Å². The number of carbonyl (C=O) groups is 1. The summed E-state index contributed by atoms with van der Waals surface area (Å²) in [7, 11) is 0. The zero-order valence-corrected chi connectivity index (χ0v) is 20.1. The van der Waals surface area contributed by atoms with Crippen LogP contribution in [0, 0.1) is 24.2 Å². The lowest BCUT2D eigenvalue weighted by atomic mass is 9.86. The Kier molecular flexibility index (Phi) is 8.48. The van der Waals surface area contributed by atoms with Gasteiger partial charge in [-0.05, 0) is 42.4 Å². The molecule has 0 N–H and O–H groups in total. The Morgan fingerprint density at radius 2 is 1.81 bits per heavy atom. The van der Waals surface area contributed by atoms with E-state index in [0.717, 1.165) is 11.3 Å². The molecular weight excluding hydrogens is 406 g/mol. The third-order valence-electron chi connectivity index (χ3n) is 4.73. The number of nitrogens with zero attached hydrogens (tertiary/aromatic N) is 3. The average molecular weight is 440 g/mol. The molecule has 0 amide bonds. The van der Waals surface area contributed by atoms with Gasteiger partial charge in [0.1, 0.15) is 17.3 Å². The maximum absolute atomic E-state index is 11.8. The van der Waals surface area contributed by atoms with Crippen LogP contribution < -0.4 is 0 Å². The molecule has 0 aliphatic heterocycles. The molecule has 2 aromatic rings. The highest BCUT2D eigenvalue weighted by molar-refractivity contribution is 5.94. The Balaban J connectivity index is 2.40. The van der Waals surface area contributed by atoms with Crippen LogP contribution in [0.5, 0.6) is 0 Å². The predicted molar refractivity (Wildman–Crippen MR) is 123 cm³/mol. The minimum Gasteiger partial charge on any atom is -0.454 e. The molecule has 2 rings (SSSR count). The van der Waals surface area contributed by atoms with Crippen molar-refractivity contribution in [3.8, 4) is 6.07 Å². The van der Waals surface area contributed by atoms with Crippen LogP contribution in [0.4, 0.5) is 4.79 Å². The summed E-state index contributed by atoms with van der Waals surface area (Å²) in [5, 5.41) is 14.5. The molecule has 0 aliphatic rings. The van der Waals surface area contributed by atoms with Crippen molar-refractivity contribution in [1.29, 1.82) is 5.26 Å². The molecule has 0 saturated heterocycles. The standard InChI is InChI=1S/C25H33N3O4/c1-8-28-22(13-18(4)27-28)23(31-16-32-24(29)30-15-17(2)3)21(14-26)19-9-11-20(12-10-19)25(5,6)7/h9-13,17H,8,15-16H2,1-7H3/b23-21-. The molecule has 1 aromatic heterocycles. The van der Waals surface area contributed by atoms with E-state index in [1.165, 1.54) is 0 Å². The summed E-state index contributed by atoms with van der Waals surface area (Å²) >= 11 is 0. The highest BCUT2D eigenvalue weighted by atomic mass is 16.8. The van der Waals surface area contributed by atoms with Crippen molar-refractivity contribution >= 4 is 17.5 Å². The van der Waals surface area contributed by atoms with Gasteiger partial charge >= 0.3 is 6.16 Å². The Morgan fingerprint density at radius 1 is 1.16 bits per heavy atom. The van der Waals surface area contributed by atoms with Crippen molar-refractivity contribution in [3.05, 3.63) is 52.8 Å². The first kappa shape index (κ1) is 25.0. The SMILES string of the molecule is CCn1nc(C)cc1/C(OCOC(=O)OCC(C)C)=C(\C#N)c1ccc(C(C)(C)C)cc1. The van der Waals surface area contributed by atoms with E-state index in [0.29, 0.717) is 29.1 Å². The molecule has 1 aromatic carbocycles. The number of rotatable bonds is 8. The number of benzene rings is 1. The number of aromatic nitrogens is 2. The van der Waals surface area contributed by atoms with Crippen molar-refractivity contribution in [1.82, 2.24) is 9.78 Å². The number of nitriles is 1. The Labute approximate surface area is 190 Å². The fourth-order valence-corrected chi connectivity index (χ4v) is 3.04. The fraction of sp³-hybridized carbons (Fsp3) is 0.480. The van der Waals surface area contributed by atoms with Gasteiger partial charge in [0.05, 0.1) is 12.3 Å². The van der Waals surface area contributed by atoms with Crippen LogP contribution in [0.2, 0.25) is 0 Å². The first-order valence-corrected chi connectivity index (χ1v) is 10.8.